The Morgan fingerprint density at radius 2 is 1.70 bits per heavy atom. The summed E-state index contributed by atoms with van der Waals surface area (Å²) < 4.78 is 55.5. The van der Waals surface area contributed by atoms with E-state index < -0.39 is 12.1 Å². The number of hydrogen-bond acceptors (Lipinski definition) is 5. The van der Waals surface area contributed by atoms with Crippen LogP contribution < -0.4 is 0 Å². The number of aliphatic carboxylic acids is 1. The SMILES string of the molecule is COCCN1CC(COC)C2(CCN(C(=O)c3ccc(F)cc3)CC2)C1.O=C(O)C(F)(F)F. The largest absolute Gasteiger partial charge is 0.490 e. The maximum absolute atomic E-state index is 13.1. The number of benzene rings is 1. The van der Waals surface area contributed by atoms with Crippen molar-refractivity contribution in [1.29, 1.82) is 0 Å². The summed E-state index contributed by atoms with van der Waals surface area (Å²) in [7, 11) is 3.50. The summed E-state index contributed by atoms with van der Waals surface area (Å²) in [5, 5.41) is 7.12. The van der Waals surface area contributed by atoms with E-state index in [0.717, 1.165) is 58.8 Å². The van der Waals surface area contributed by atoms with Gasteiger partial charge in [0.05, 0.1) is 13.2 Å². The first-order valence-electron chi connectivity index (χ1n) is 10.6. The van der Waals surface area contributed by atoms with E-state index in [1.54, 1.807) is 26.4 Å². The first-order valence-corrected chi connectivity index (χ1v) is 10.6. The number of likely N-dealkylation sites (tertiary alicyclic amines) is 2. The molecule has 7 nitrogen and oxygen atoms in total. The van der Waals surface area contributed by atoms with Crippen molar-refractivity contribution in [1.82, 2.24) is 9.80 Å². The quantitative estimate of drug-likeness (QED) is 0.634. The fourth-order valence-electron chi connectivity index (χ4n) is 4.46. The van der Waals surface area contributed by atoms with Crippen LogP contribution in [0.3, 0.4) is 0 Å². The van der Waals surface area contributed by atoms with E-state index >= 15 is 0 Å². The summed E-state index contributed by atoms with van der Waals surface area (Å²) in [6, 6.07) is 5.82. The monoisotopic (exact) mass is 478 g/mol. The Labute approximate surface area is 190 Å². The first kappa shape index (κ1) is 27.0. The van der Waals surface area contributed by atoms with Crippen molar-refractivity contribution in [2.45, 2.75) is 19.0 Å². The zero-order valence-electron chi connectivity index (χ0n) is 18.7. The minimum atomic E-state index is -5.08. The summed E-state index contributed by atoms with van der Waals surface area (Å²) >= 11 is 0. The van der Waals surface area contributed by atoms with Gasteiger partial charge < -0.3 is 24.4 Å². The van der Waals surface area contributed by atoms with Crippen LogP contribution in [0.15, 0.2) is 24.3 Å². The van der Waals surface area contributed by atoms with Crippen LogP contribution in [0.4, 0.5) is 17.6 Å². The molecule has 0 aromatic heterocycles. The van der Waals surface area contributed by atoms with Crippen molar-refractivity contribution in [3.63, 3.8) is 0 Å². The van der Waals surface area contributed by atoms with E-state index in [-0.39, 0.29) is 17.1 Å². The highest BCUT2D eigenvalue weighted by molar-refractivity contribution is 5.94. The standard InChI is InChI=1S/C20H29FN2O3.C2HF3O2/c1-25-12-11-22-13-17(14-26-2)20(15-22)7-9-23(10-8-20)19(24)16-3-5-18(21)6-4-16;3-2(4,5)1(6)7/h3-6,17H,7-15H2,1-2H3;(H,6,7). The van der Waals surface area contributed by atoms with Crippen LogP contribution in [-0.4, -0.2) is 93.1 Å². The molecule has 0 saturated carbocycles. The van der Waals surface area contributed by atoms with Crippen molar-refractivity contribution in [3.8, 4) is 0 Å². The summed E-state index contributed by atoms with van der Waals surface area (Å²) in [5.41, 5.74) is 0.771. The van der Waals surface area contributed by atoms with Gasteiger partial charge in [-0.15, -0.1) is 0 Å². The molecule has 1 spiro atoms. The van der Waals surface area contributed by atoms with Crippen LogP contribution in [0, 0.1) is 17.2 Å². The molecule has 1 N–H and O–H groups in total. The lowest BCUT2D eigenvalue weighted by Gasteiger charge is -2.42. The van der Waals surface area contributed by atoms with E-state index in [2.05, 4.69) is 4.90 Å². The molecule has 2 fully saturated rings. The van der Waals surface area contributed by atoms with E-state index in [9.17, 15) is 22.4 Å². The van der Waals surface area contributed by atoms with Gasteiger partial charge in [-0.05, 0) is 42.5 Å². The predicted molar refractivity (Wildman–Crippen MR) is 111 cm³/mol. The third-order valence-corrected chi connectivity index (χ3v) is 6.24. The number of ether oxygens (including phenoxy) is 2. The fourth-order valence-corrected chi connectivity index (χ4v) is 4.46. The van der Waals surface area contributed by atoms with Crippen LogP contribution in [0.25, 0.3) is 0 Å². The van der Waals surface area contributed by atoms with Crippen LogP contribution in [0.5, 0.6) is 0 Å². The van der Waals surface area contributed by atoms with E-state index in [4.69, 9.17) is 19.4 Å². The molecule has 2 aliphatic heterocycles. The van der Waals surface area contributed by atoms with Crippen molar-refractivity contribution in [3.05, 3.63) is 35.6 Å². The Hall–Kier alpha value is -2.24. The molecule has 1 amide bonds. The number of carboxylic acids is 1. The number of carbonyl (C=O) groups is 2. The summed E-state index contributed by atoms with van der Waals surface area (Å²) in [4.78, 5) is 25.9. The van der Waals surface area contributed by atoms with Gasteiger partial charge in [0.15, 0.2) is 0 Å². The van der Waals surface area contributed by atoms with Crippen LogP contribution in [0.1, 0.15) is 23.2 Å². The van der Waals surface area contributed by atoms with E-state index in [1.165, 1.54) is 12.1 Å². The van der Waals surface area contributed by atoms with Gasteiger partial charge in [-0.1, -0.05) is 0 Å². The molecule has 1 unspecified atom stereocenters. The molecule has 2 aliphatic rings. The van der Waals surface area contributed by atoms with Gasteiger partial charge in [-0.25, -0.2) is 9.18 Å². The minimum Gasteiger partial charge on any atom is -0.475 e. The number of halogens is 4. The number of alkyl halides is 3. The molecule has 0 aliphatic carbocycles. The summed E-state index contributed by atoms with van der Waals surface area (Å²) in [5.74, 6) is -2.58. The second kappa shape index (κ2) is 11.8. The molecular weight excluding hydrogens is 448 g/mol. The number of carbonyl (C=O) groups excluding carboxylic acids is 1. The molecule has 1 aromatic rings. The highest BCUT2D eigenvalue weighted by atomic mass is 19.4. The van der Waals surface area contributed by atoms with E-state index in [0.29, 0.717) is 11.5 Å². The summed E-state index contributed by atoms with van der Waals surface area (Å²) in [6.07, 6.45) is -3.12. The van der Waals surface area contributed by atoms with Gasteiger partial charge in [0.25, 0.3) is 5.91 Å². The van der Waals surface area contributed by atoms with Crippen molar-refractivity contribution in [2.24, 2.45) is 11.3 Å². The van der Waals surface area contributed by atoms with Crippen LogP contribution >= 0.6 is 0 Å². The Balaban J connectivity index is 0.000000479. The lowest BCUT2D eigenvalue weighted by Crippen LogP contribution is -2.47. The Kier molecular flexibility index (Phi) is 9.62. The summed E-state index contributed by atoms with van der Waals surface area (Å²) in [6.45, 7) is 6.01. The zero-order chi connectivity index (χ0) is 24.6. The van der Waals surface area contributed by atoms with Gasteiger partial charge in [0.1, 0.15) is 5.82 Å². The van der Waals surface area contributed by atoms with Crippen molar-refractivity contribution in [2.75, 3.05) is 60.2 Å². The molecule has 2 saturated heterocycles. The van der Waals surface area contributed by atoms with Gasteiger partial charge in [0, 0.05) is 58.4 Å². The molecule has 1 aromatic carbocycles. The average molecular weight is 478 g/mol. The number of hydrogen-bond donors (Lipinski definition) is 1. The number of methoxy groups -OCH3 is 2. The highest BCUT2D eigenvalue weighted by Gasteiger charge is 2.48. The number of piperidine rings is 1. The van der Waals surface area contributed by atoms with Gasteiger partial charge in [-0.2, -0.15) is 13.2 Å². The molecule has 11 heteroatoms. The topological polar surface area (TPSA) is 79.3 Å². The molecular formula is C22H30F4N2O5. The average Bonchev–Trinajstić information content (AvgIpc) is 3.09. The predicted octanol–water partition coefficient (Wildman–Crippen LogP) is 2.91. The normalized spacial score (nSPS) is 20.4. The van der Waals surface area contributed by atoms with Crippen molar-refractivity contribution < 1.29 is 41.7 Å². The third kappa shape index (κ3) is 7.38. The second-order valence-electron chi connectivity index (χ2n) is 8.34. The molecule has 2 heterocycles. The molecule has 33 heavy (non-hydrogen) atoms. The lowest BCUT2D eigenvalue weighted by atomic mass is 9.71. The lowest BCUT2D eigenvalue weighted by molar-refractivity contribution is -0.192. The molecule has 1 atom stereocenters. The second-order valence-corrected chi connectivity index (χ2v) is 8.34. The van der Waals surface area contributed by atoms with Crippen molar-refractivity contribution >= 4 is 11.9 Å². The fraction of sp³-hybridized carbons (Fsp3) is 0.636. The Morgan fingerprint density at radius 1 is 1.12 bits per heavy atom. The molecule has 0 bridgehead atoms. The number of amides is 1. The zero-order valence-corrected chi connectivity index (χ0v) is 18.7. The van der Waals surface area contributed by atoms with Crippen LogP contribution in [-0.2, 0) is 14.3 Å². The van der Waals surface area contributed by atoms with Gasteiger partial charge in [0.2, 0.25) is 0 Å². The van der Waals surface area contributed by atoms with Gasteiger partial charge >= 0.3 is 12.1 Å². The third-order valence-electron chi connectivity index (χ3n) is 6.24. The molecule has 0 radical (unpaired) electrons. The first-order chi connectivity index (χ1) is 15.5. The number of carboxylic acid groups (broad SMARTS) is 1. The number of rotatable bonds is 6. The smallest absolute Gasteiger partial charge is 0.475 e. The Morgan fingerprint density at radius 3 is 2.18 bits per heavy atom. The number of nitrogens with zero attached hydrogens (tertiary/aromatic N) is 2. The molecule has 3 rings (SSSR count). The van der Waals surface area contributed by atoms with E-state index in [1.807, 2.05) is 4.90 Å². The highest BCUT2D eigenvalue weighted by Crippen LogP contribution is 2.44. The maximum Gasteiger partial charge on any atom is 0.490 e. The van der Waals surface area contributed by atoms with Gasteiger partial charge in [-0.3, -0.25) is 4.79 Å². The minimum absolute atomic E-state index is 0.00243. The van der Waals surface area contributed by atoms with Crippen LogP contribution in [0.2, 0.25) is 0 Å². The Bertz CT molecular complexity index is 780. The molecule has 186 valence electrons. The maximum atomic E-state index is 13.1.